The van der Waals surface area contributed by atoms with Crippen LogP contribution in [0.3, 0.4) is 0 Å². The maximum atomic E-state index is 11.6. The van der Waals surface area contributed by atoms with Crippen molar-refractivity contribution in [3.8, 4) is 0 Å². The van der Waals surface area contributed by atoms with Crippen molar-refractivity contribution in [1.29, 1.82) is 0 Å². The Morgan fingerprint density at radius 1 is 1.30 bits per heavy atom. The molecule has 0 aliphatic rings. The van der Waals surface area contributed by atoms with Gasteiger partial charge in [0.25, 0.3) is 0 Å². The van der Waals surface area contributed by atoms with E-state index < -0.39 is 18.0 Å². The second-order valence-electron chi connectivity index (χ2n) is 2.90. The summed E-state index contributed by atoms with van der Waals surface area (Å²) < 4.78 is 34.7. The molecule has 0 fully saturated rings. The number of hydrogen-bond donors (Lipinski definition) is 0. The van der Waals surface area contributed by atoms with E-state index in [1.165, 1.54) is 13.8 Å². The molecule has 0 radical (unpaired) electrons. The molecule has 0 aromatic heterocycles. The molecule has 1 nitrogen and oxygen atoms in total. The van der Waals surface area contributed by atoms with Crippen LogP contribution in [0.15, 0.2) is 0 Å². The van der Waals surface area contributed by atoms with E-state index >= 15 is 0 Å². The SMILES string of the molecule is CC(C)(C=O)CC(F)(F)F. The van der Waals surface area contributed by atoms with Crippen LogP contribution in [0.25, 0.3) is 0 Å². The van der Waals surface area contributed by atoms with Crippen LogP contribution < -0.4 is 0 Å². The molecule has 0 bridgehead atoms. The van der Waals surface area contributed by atoms with Crippen LogP contribution in [0, 0.1) is 5.41 Å². The maximum absolute atomic E-state index is 11.6. The van der Waals surface area contributed by atoms with Crippen molar-refractivity contribution in [1.82, 2.24) is 0 Å². The first-order valence-corrected chi connectivity index (χ1v) is 2.80. The van der Waals surface area contributed by atoms with Gasteiger partial charge in [-0.2, -0.15) is 13.2 Å². The van der Waals surface area contributed by atoms with Crippen molar-refractivity contribution in [2.45, 2.75) is 26.4 Å². The van der Waals surface area contributed by atoms with Crippen molar-refractivity contribution < 1.29 is 18.0 Å². The zero-order valence-corrected chi connectivity index (χ0v) is 5.83. The topological polar surface area (TPSA) is 17.1 Å². The van der Waals surface area contributed by atoms with Gasteiger partial charge in [-0.15, -0.1) is 0 Å². The number of halogens is 3. The van der Waals surface area contributed by atoms with Crippen LogP contribution in [-0.4, -0.2) is 12.5 Å². The fourth-order valence-corrected chi connectivity index (χ4v) is 0.558. The zero-order chi connectivity index (χ0) is 8.41. The fraction of sp³-hybridized carbons (Fsp3) is 0.833. The van der Waals surface area contributed by atoms with Crippen LogP contribution in [0.5, 0.6) is 0 Å². The Labute approximate surface area is 57.2 Å². The highest BCUT2D eigenvalue weighted by Gasteiger charge is 2.36. The Hall–Kier alpha value is -0.540. The maximum Gasteiger partial charge on any atom is 0.390 e. The molecule has 0 aliphatic carbocycles. The summed E-state index contributed by atoms with van der Waals surface area (Å²) in [5, 5.41) is 0. The molecule has 0 spiro atoms. The summed E-state index contributed by atoms with van der Waals surface area (Å²) in [7, 11) is 0. The molecular formula is C6H9F3O. The summed E-state index contributed by atoms with van der Waals surface area (Å²) in [6.07, 6.45) is -4.98. The number of aldehydes is 1. The third-order valence-electron chi connectivity index (χ3n) is 0.975. The van der Waals surface area contributed by atoms with E-state index in [0.717, 1.165) is 0 Å². The molecule has 0 atom stereocenters. The number of alkyl halides is 3. The van der Waals surface area contributed by atoms with E-state index in [1.54, 1.807) is 0 Å². The minimum absolute atomic E-state index is 0.320. The normalized spacial score (nSPS) is 13.3. The van der Waals surface area contributed by atoms with E-state index in [0.29, 0.717) is 6.29 Å². The van der Waals surface area contributed by atoms with Crippen LogP contribution in [0.2, 0.25) is 0 Å². The van der Waals surface area contributed by atoms with Gasteiger partial charge in [0.05, 0.1) is 6.42 Å². The zero-order valence-electron chi connectivity index (χ0n) is 5.83. The van der Waals surface area contributed by atoms with E-state index in [4.69, 9.17) is 0 Å². The quantitative estimate of drug-likeness (QED) is 0.557. The summed E-state index contributed by atoms with van der Waals surface area (Å²) in [5.74, 6) is 0. The molecule has 0 saturated carbocycles. The minimum atomic E-state index is -4.25. The van der Waals surface area contributed by atoms with Gasteiger partial charge < -0.3 is 4.79 Å². The molecule has 4 heteroatoms. The van der Waals surface area contributed by atoms with Gasteiger partial charge in [0.2, 0.25) is 0 Å². The van der Waals surface area contributed by atoms with E-state index in [1.807, 2.05) is 0 Å². The van der Waals surface area contributed by atoms with Crippen LogP contribution in [0.4, 0.5) is 13.2 Å². The van der Waals surface area contributed by atoms with Gasteiger partial charge in [0.15, 0.2) is 0 Å². The fourth-order valence-electron chi connectivity index (χ4n) is 0.558. The summed E-state index contributed by atoms with van der Waals surface area (Å²) in [5.41, 5.74) is -1.28. The lowest BCUT2D eigenvalue weighted by Crippen LogP contribution is -2.23. The standard InChI is InChI=1S/C6H9F3O/c1-5(2,4-10)3-6(7,8)9/h4H,3H2,1-2H3. The summed E-state index contributed by atoms with van der Waals surface area (Å²) in [6.45, 7) is 2.51. The average Bonchev–Trinajstić information content (AvgIpc) is 1.60. The van der Waals surface area contributed by atoms with Crippen molar-refractivity contribution in [3.05, 3.63) is 0 Å². The van der Waals surface area contributed by atoms with E-state index in [-0.39, 0.29) is 0 Å². The highest BCUT2D eigenvalue weighted by atomic mass is 19.4. The third kappa shape index (κ3) is 4.35. The highest BCUT2D eigenvalue weighted by molar-refractivity contribution is 5.57. The molecule has 0 N–H and O–H groups in total. The molecule has 0 aromatic carbocycles. The van der Waals surface area contributed by atoms with Gasteiger partial charge in [-0.3, -0.25) is 0 Å². The van der Waals surface area contributed by atoms with E-state index in [9.17, 15) is 18.0 Å². The highest BCUT2D eigenvalue weighted by Crippen LogP contribution is 2.30. The molecule has 0 amide bonds. The van der Waals surface area contributed by atoms with Crippen LogP contribution in [0.1, 0.15) is 20.3 Å². The van der Waals surface area contributed by atoms with Gasteiger partial charge in [0.1, 0.15) is 6.29 Å². The smallest absolute Gasteiger partial charge is 0.303 e. The lowest BCUT2D eigenvalue weighted by atomic mass is 9.91. The first kappa shape index (κ1) is 9.46. The third-order valence-corrected chi connectivity index (χ3v) is 0.975. The summed E-state index contributed by atoms with van der Waals surface area (Å²) in [4.78, 5) is 10.0. The van der Waals surface area contributed by atoms with Gasteiger partial charge in [0, 0.05) is 5.41 Å². The molecule has 0 unspecified atom stereocenters. The van der Waals surface area contributed by atoms with Gasteiger partial charge >= 0.3 is 6.18 Å². The second-order valence-corrected chi connectivity index (χ2v) is 2.90. The molecule has 0 saturated heterocycles. The monoisotopic (exact) mass is 154 g/mol. The van der Waals surface area contributed by atoms with Gasteiger partial charge in [-0.25, -0.2) is 0 Å². The molecular weight excluding hydrogens is 145 g/mol. The largest absolute Gasteiger partial charge is 0.390 e. The number of hydrogen-bond acceptors (Lipinski definition) is 1. The molecule has 0 heterocycles. The van der Waals surface area contributed by atoms with Crippen LogP contribution in [-0.2, 0) is 4.79 Å². The van der Waals surface area contributed by atoms with Crippen LogP contribution >= 0.6 is 0 Å². The Morgan fingerprint density at radius 2 is 1.70 bits per heavy atom. The van der Waals surface area contributed by atoms with Crippen molar-refractivity contribution >= 4 is 6.29 Å². The molecule has 60 valence electrons. The molecule has 0 aromatic rings. The van der Waals surface area contributed by atoms with Crippen molar-refractivity contribution in [3.63, 3.8) is 0 Å². The predicted octanol–water partition coefficient (Wildman–Crippen LogP) is 2.16. The Balaban J connectivity index is 4.01. The lowest BCUT2D eigenvalue weighted by molar-refractivity contribution is -0.158. The predicted molar refractivity (Wildman–Crippen MR) is 30.5 cm³/mol. The number of carbonyl (C=O) groups is 1. The number of rotatable bonds is 2. The Morgan fingerprint density at radius 3 is 1.80 bits per heavy atom. The lowest BCUT2D eigenvalue weighted by Gasteiger charge is -2.17. The van der Waals surface area contributed by atoms with Gasteiger partial charge in [-0.1, -0.05) is 13.8 Å². The first-order chi connectivity index (χ1) is 4.27. The molecule has 0 rings (SSSR count). The molecule has 10 heavy (non-hydrogen) atoms. The minimum Gasteiger partial charge on any atom is -0.303 e. The summed E-state index contributed by atoms with van der Waals surface area (Å²) in [6, 6.07) is 0. The van der Waals surface area contributed by atoms with Crippen molar-refractivity contribution in [2.75, 3.05) is 0 Å². The Kier molecular flexibility index (Phi) is 2.46. The second kappa shape index (κ2) is 2.60. The Bertz CT molecular complexity index is 125. The number of carbonyl (C=O) groups excluding carboxylic acids is 1. The van der Waals surface area contributed by atoms with Crippen molar-refractivity contribution in [2.24, 2.45) is 5.41 Å². The summed E-state index contributed by atoms with van der Waals surface area (Å²) >= 11 is 0. The average molecular weight is 154 g/mol. The first-order valence-electron chi connectivity index (χ1n) is 2.80. The van der Waals surface area contributed by atoms with Gasteiger partial charge in [-0.05, 0) is 0 Å². The van der Waals surface area contributed by atoms with E-state index in [2.05, 4.69) is 0 Å². The molecule has 0 aliphatic heterocycles.